The summed E-state index contributed by atoms with van der Waals surface area (Å²) >= 11 is 0.936. The predicted molar refractivity (Wildman–Crippen MR) is 118 cm³/mol. The third-order valence-corrected chi connectivity index (χ3v) is 5.25. The van der Waals surface area contributed by atoms with Crippen LogP contribution in [0.2, 0.25) is 0 Å². The number of hydrogen-bond donors (Lipinski definition) is 2. The Morgan fingerprint density at radius 1 is 0.833 bits per heavy atom. The van der Waals surface area contributed by atoms with Gasteiger partial charge in [0.05, 0.1) is 0 Å². The Morgan fingerprint density at radius 3 is 1.60 bits per heavy atom. The van der Waals surface area contributed by atoms with Gasteiger partial charge in [-0.2, -0.15) is 9.36 Å². The molecule has 0 unspecified atom stereocenters. The van der Waals surface area contributed by atoms with E-state index in [1.54, 1.807) is 0 Å². The maximum absolute atomic E-state index is 12.2. The molecule has 0 aliphatic rings. The smallest absolute Gasteiger partial charge is 0.358 e. The van der Waals surface area contributed by atoms with Crippen LogP contribution in [0.1, 0.15) is 22.5 Å². The SMILES string of the molecule is Nc1nc(C(=NC(c2ccccc2)(c2ccccc2)c2ccccc2)C(=O)O)ns1. The van der Waals surface area contributed by atoms with E-state index < -0.39 is 11.5 Å². The summed E-state index contributed by atoms with van der Waals surface area (Å²) in [5.74, 6) is -1.22. The van der Waals surface area contributed by atoms with E-state index in [4.69, 9.17) is 10.7 Å². The molecule has 30 heavy (non-hydrogen) atoms. The molecule has 0 atom stereocenters. The van der Waals surface area contributed by atoms with Gasteiger partial charge in [-0.05, 0) is 16.7 Å². The Hall–Kier alpha value is -3.84. The van der Waals surface area contributed by atoms with E-state index in [2.05, 4.69) is 9.36 Å². The van der Waals surface area contributed by atoms with Crippen LogP contribution in [0.5, 0.6) is 0 Å². The second kappa shape index (κ2) is 8.26. The fourth-order valence-electron chi connectivity index (χ4n) is 3.42. The molecule has 1 heterocycles. The standard InChI is InChI=1S/C23H18N4O2S/c24-22-25-20(27-30-22)19(21(28)29)26-23(16-10-4-1-5-11-16,17-12-6-2-7-13-17)18-14-8-3-9-15-18/h1-15H,(H,28,29)(H2,24,25,27). The fraction of sp³-hybridized carbons (Fsp3) is 0.0435. The minimum absolute atomic E-state index is 0.00262. The number of nitrogens with zero attached hydrogens (tertiary/aromatic N) is 3. The Balaban J connectivity index is 2.10. The topological polar surface area (TPSA) is 101 Å². The minimum Gasteiger partial charge on any atom is -0.476 e. The molecule has 4 aromatic rings. The van der Waals surface area contributed by atoms with Crippen molar-refractivity contribution in [1.29, 1.82) is 0 Å². The Labute approximate surface area is 177 Å². The summed E-state index contributed by atoms with van der Waals surface area (Å²) in [5.41, 5.74) is 6.82. The van der Waals surface area contributed by atoms with Crippen molar-refractivity contribution in [3.63, 3.8) is 0 Å². The lowest BCUT2D eigenvalue weighted by Crippen LogP contribution is -2.31. The summed E-state index contributed by atoms with van der Waals surface area (Å²) in [5, 5.41) is 10.2. The Morgan fingerprint density at radius 2 is 1.27 bits per heavy atom. The lowest BCUT2D eigenvalue weighted by Gasteiger charge is -2.32. The van der Waals surface area contributed by atoms with Crippen molar-refractivity contribution in [3.8, 4) is 0 Å². The molecule has 4 rings (SSSR count). The molecule has 0 radical (unpaired) electrons. The summed E-state index contributed by atoms with van der Waals surface area (Å²) in [7, 11) is 0. The zero-order valence-corrected chi connectivity index (χ0v) is 16.7. The van der Waals surface area contributed by atoms with E-state index in [9.17, 15) is 9.90 Å². The number of anilines is 1. The van der Waals surface area contributed by atoms with Crippen molar-refractivity contribution in [2.45, 2.75) is 5.54 Å². The summed E-state index contributed by atoms with van der Waals surface area (Å²) in [6, 6.07) is 28.8. The van der Waals surface area contributed by atoms with Gasteiger partial charge in [0.15, 0.2) is 10.8 Å². The quantitative estimate of drug-likeness (QED) is 0.367. The first-order chi connectivity index (χ1) is 14.6. The van der Waals surface area contributed by atoms with Gasteiger partial charge >= 0.3 is 5.97 Å². The molecule has 0 aliphatic carbocycles. The number of carboxylic acids is 1. The maximum Gasteiger partial charge on any atom is 0.358 e. The van der Waals surface area contributed by atoms with Gasteiger partial charge in [-0.3, -0.25) is 4.99 Å². The van der Waals surface area contributed by atoms with Crippen molar-refractivity contribution >= 4 is 28.3 Å². The van der Waals surface area contributed by atoms with Gasteiger partial charge in [0, 0.05) is 11.5 Å². The second-order valence-corrected chi connectivity index (χ2v) is 7.31. The molecule has 1 aromatic heterocycles. The first kappa shape index (κ1) is 19.5. The van der Waals surface area contributed by atoms with E-state index in [1.165, 1.54) is 0 Å². The molecule has 0 aliphatic heterocycles. The van der Waals surface area contributed by atoms with Gasteiger partial charge in [0.25, 0.3) is 0 Å². The van der Waals surface area contributed by atoms with Crippen LogP contribution in [-0.4, -0.2) is 26.1 Å². The van der Waals surface area contributed by atoms with Crippen molar-refractivity contribution in [2.24, 2.45) is 4.99 Å². The highest BCUT2D eigenvalue weighted by molar-refractivity contribution is 7.09. The lowest BCUT2D eigenvalue weighted by atomic mass is 9.77. The van der Waals surface area contributed by atoms with Gasteiger partial charge in [-0.25, -0.2) is 4.79 Å². The number of benzene rings is 3. The number of rotatable bonds is 6. The monoisotopic (exact) mass is 414 g/mol. The first-order valence-electron chi connectivity index (χ1n) is 9.20. The predicted octanol–water partition coefficient (Wildman–Crippen LogP) is 3.99. The molecule has 0 saturated heterocycles. The third kappa shape index (κ3) is 3.58. The number of aliphatic carboxylic acids is 1. The summed E-state index contributed by atoms with van der Waals surface area (Å²) in [4.78, 5) is 21.1. The van der Waals surface area contributed by atoms with Crippen LogP contribution < -0.4 is 5.73 Å². The lowest BCUT2D eigenvalue weighted by molar-refractivity contribution is -0.129. The third-order valence-electron chi connectivity index (χ3n) is 4.71. The Kier molecular flexibility index (Phi) is 5.36. The zero-order chi connectivity index (χ0) is 21.0. The van der Waals surface area contributed by atoms with E-state index >= 15 is 0 Å². The molecule has 3 aromatic carbocycles. The second-order valence-electron chi connectivity index (χ2n) is 6.53. The molecule has 0 amide bonds. The highest BCUT2D eigenvalue weighted by atomic mass is 32.1. The van der Waals surface area contributed by atoms with Gasteiger partial charge in [-0.15, -0.1) is 0 Å². The number of carbonyl (C=O) groups is 1. The van der Waals surface area contributed by atoms with Crippen LogP contribution in [0.3, 0.4) is 0 Å². The highest BCUT2D eigenvalue weighted by Gasteiger charge is 2.38. The summed E-state index contributed by atoms with van der Waals surface area (Å²) in [6.45, 7) is 0. The van der Waals surface area contributed by atoms with Crippen molar-refractivity contribution in [1.82, 2.24) is 9.36 Å². The molecule has 148 valence electrons. The number of nitrogen functional groups attached to an aromatic ring is 1. The first-order valence-corrected chi connectivity index (χ1v) is 9.98. The van der Waals surface area contributed by atoms with E-state index in [0.717, 1.165) is 28.2 Å². The molecular weight excluding hydrogens is 396 g/mol. The van der Waals surface area contributed by atoms with Crippen LogP contribution >= 0.6 is 11.5 Å². The van der Waals surface area contributed by atoms with Gasteiger partial charge in [-0.1, -0.05) is 91.0 Å². The Bertz CT molecular complexity index is 1080. The molecular formula is C23H18N4O2S. The highest BCUT2D eigenvalue weighted by Crippen LogP contribution is 2.41. The number of nitrogens with two attached hydrogens (primary N) is 1. The molecule has 0 saturated carbocycles. The van der Waals surface area contributed by atoms with Gasteiger partial charge in [0.1, 0.15) is 5.54 Å². The molecule has 6 nitrogen and oxygen atoms in total. The van der Waals surface area contributed by atoms with Crippen LogP contribution in [0.25, 0.3) is 0 Å². The van der Waals surface area contributed by atoms with Crippen LogP contribution in [0, 0.1) is 0 Å². The minimum atomic E-state index is -1.22. The number of carboxylic acid groups (broad SMARTS) is 1. The van der Waals surface area contributed by atoms with E-state index in [1.807, 2.05) is 91.0 Å². The van der Waals surface area contributed by atoms with Crippen molar-refractivity contribution in [3.05, 3.63) is 114 Å². The van der Waals surface area contributed by atoms with E-state index in [-0.39, 0.29) is 16.7 Å². The van der Waals surface area contributed by atoms with Crippen LogP contribution in [-0.2, 0) is 10.3 Å². The number of aliphatic imine (C=N–C) groups is 1. The fourth-order valence-corrected chi connectivity index (χ4v) is 3.86. The molecule has 3 N–H and O–H groups in total. The molecule has 7 heteroatoms. The van der Waals surface area contributed by atoms with Gasteiger partial charge in [0.2, 0.25) is 5.82 Å². The average Bonchev–Trinajstić information content (AvgIpc) is 3.22. The number of aromatic nitrogens is 2. The molecule has 0 fully saturated rings. The van der Waals surface area contributed by atoms with Crippen molar-refractivity contribution in [2.75, 3.05) is 5.73 Å². The van der Waals surface area contributed by atoms with E-state index in [0.29, 0.717) is 0 Å². The molecule has 0 spiro atoms. The van der Waals surface area contributed by atoms with Gasteiger partial charge < -0.3 is 10.8 Å². The van der Waals surface area contributed by atoms with Crippen LogP contribution in [0.4, 0.5) is 5.13 Å². The summed E-state index contributed by atoms with van der Waals surface area (Å²) in [6.07, 6.45) is 0. The maximum atomic E-state index is 12.2. The largest absolute Gasteiger partial charge is 0.476 e. The number of hydrogen-bond acceptors (Lipinski definition) is 6. The molecule has 0 bridgehead atoms. The zero-order valence-electron chi connectivity index (χ0n) is 15.8. The normalized spacial score (nSPS) is 11.9. The average molecular weight is 414 g/mol. The van der Waals surface area contributed by atoms with Crippen molar-refractivity contribution < 1.29 is 9.90 Å². The van der Waals surface area contributed by atoms with Crippen LogP contribution in [0.15, 0.2) is 96.0 Å². The summed E-state index contributed by atoms with van der Waals surface area (Å²) < 4.78 is 4.10.